The molecular weight excluding hydrogens is 266 g/mol. The minimum atomic E-state index is 0.710. The number of halogens is 1. The monoisotopic (exact) mass is 283 g/mol. The summed E-state index contributed by atoms with van der Waals surface area (Å²) in [6.45, 7) is 3.21. The van der Waals surface area contributed by atoms with Crippen LogP contribution < -0.4 is 4.90 Å². The van der Waals surface area contributed by atoms with E-state index in [1.54, 1.807) is 6.33 Å². The Bertz CT molecular complexity index is 339. The molecule has 1 aliphatic rings. The van der Waals surface area contributed by atoms with Crippen LogP contribution in [0.2, 0.25) is 0 Å². The molecule has 0 bridgehead atoms. The predicted octanol–water partition coefficient (Wildman–Crippen LogP) is 2.79. The van der Waals surface area contributed by atoms with Crippen LogP contribution in [-0.2, 0) is 6.42 Å². The van der Waals surface area contributed by atoms with Gasteiger partial charge in [-0.05, 0) is 19.3 Å². The Hall–Kier alpha value is -0.640. The van der Waals surface area contributed by atoms with Crippen molar-refractivity contribution >= 4 is 21.7 Å². The first kappa shape index (κ1) is 11.8. The summed E-state index contributed by atoms with van der Waals surface area (Å²) < 4.78 is 0. The van der Waals surface area contributed by atoms with E-state index in [-0.39, 0.29) is 0 Å². The van der Waals surface area contributed by atoms with Crippen molar-refractivity contribution < 1.29 is 0 Å². The van der Waals surface area contributed by atoms with E-state index in [0.29, 0.717) is 6.04 Å². The Morgan fingerprint density at radius 2 is 2.25 bits per heavy atom. The summed E-state index contributed by atoms with van der Waals surface area (Å²) in [6.07, 6.45) is 6.49. The number of rotatable bonds is 6. The number of anilines is 1. The molecule has 1 aliphatic carbocycles. The first-order valence-corrected chi connectivity index (χ1v) is 7.10. The van der Waals surface area contributed by atoms with Crippen LogP contribution >= 0.6 is 15.9 Å². The molecule has 0 spiro atoms. The van der Waals surface area contributed by atoms with Crippen molar-refractivity contribution in [2.24, 2.45) is 0 Å². The molecule has 2 rings (SSSR count). The Balaban J connectivity index is 2.12. The van der Waals surface area contributed by atoms with E-state index in [4.69, 9.17) is 0 Å². The van der Waals surface area contributed by atoms with Crippen LogP contribution in [-0.4, -0.2) is 27.9 Å². The first-order valence-electron chi connectivity index (χ1n) is 5.98. The van der Waals surface area contributed by atoms with E-state index in [1.807, 2.05) is 0 Å². The van der Waals surface area contributed by atoms with Crippen molar-refractivity contribution in [2.45, 2.75) is 38.6 Å². The van der Waals surface area contributed by atoms with Crippen LogP contribution in [0.3, 0.4) is 0 Å². The lowest BCUT2D eigenvalue weighted by Crippen LogP contribution is -2.28. The molecule has 0 atom stereocenters. The maximum Gasteiger partial charge on any atom is 0.132 e. The van der Waals surface area contributed by atoms with Gasteiger partial charge in [-0.2, -0.15) is 0 Å². The van der Waals surface area contributed by atoms with Gasteiger partial charge in [0.2, 0.25) is 0 Å². The lowest BCUT2D eigenvalue weighted by atomic mass is 10.2. The van der Waals surface area contributed by atoms with Gasteiger partial charge in [0, 0.05) is 29.7 Å². The van der Waals surface area contributed by atoms with Crippen LogP contribution in [0.25, 0.3) is 0 Å². The maximum absolute atomic E-state index is 4.40. The minimum Gasteiger partial charge on any atom is -0.353 e. The second kappa shape index (κ2) is 5.62. The molecule has 0 radical (unpaired) electrons. The molecule has 1 fully saturated rings. The van der Waals surface area contributed by atoms with Gasteiger partial charge in [-0.25, -0.2) is 9.97 Å². The van der Waals surface area contributed by atoms with Gasteiger partial charge in [-0.15, -0.1) is 0 Å². The quantitative estimate of drug-likeness (QED) is 0.752. The van der Waals surface area contributed by atoms with E-state index in [9.17, 15) is 0 Å². The van der Waals surface area contributed by atoms with Gasteiger partial charge < -0.3 is 4.90 Å². The van der Waals surface area contributed by atoms with Gasteiger partial charge in [-0.1, -0.05) is 29.3 Å². The fourth-order valence-electron chi connectivity index (χ4n) is 1.90. The summed E-state index contributed by atoms with van der Waals surface area (Å²) in [5, 5.41) is 0.997. The standard InChI is InChI=1S/C12H18BrN3/c1-2-3-10-8-12(15-9-14-10)16(7-6-13)11-4-5-11/h8-9,11H,2-7H2,1H3. The van der Waals surface area contributed by atoms with Gasteiger partial charge in [-0.3, -0.25) is 0 Å². The first-order chi connectivity index (χ1) is 7.85. The second-order valence-corrected chi connectivity index (χ2v) is 5.02. The van der Waals surface area contributed by atoms with Crippen LogP contribution in [0, 0.1) is 0 Å². The number of alkyl halides is 1. The van der Waals surface area contributed by atoms with E-state index in [1.165, 1.54) is 12.8 Å². The third-order valence-corrected chi connectivity index (χ3v) is 3.18. The molecule has 1 heterocycles. The largest absolute Gasteiger partial charge is 0.353 e. The van der Waals surface area contributed by atoms with Crippen molar-refractivity contribution in [1.29, 1.82) is 0 Å². The fourth-order valence-corrected chi connectivity index (χ4v) is 2.28. The Morgan fingerprint density at radius 3 is 2.88 bits per heavy atom. The van der Waals surface area contributed by atoms with Crippen LogP contribution in [0.5, 0.6) is 0 Å². The highest BCUT2D eigenvalue weighted by molar-refractivity contribution is 9.09. The van der Waals surface area contributed by atoms with Crippen LogP contribution in [0.1, 0.15) is 31.9 Å². The molecule has 3 nitrogen and oxygen atoms in total. The van der Waals surface area contributed by atoms with Gasteiger partial charge in [0.15, 0.2) is 0 Å². The molecule has 0 aliphatic heterocycles. The highest BCUT2D eigenvalue weighted by Crippen LogP contribution is 2.30. The zero-order valence-corrected chi connectivity index (χ0v) is 11.3. The van der Waals surface area contributed by atoms with Gasteiger partial charge >= 0.3 is 0 Å². The number of hydrogen-bond donors (Lipinski definition) is 0. The van der Waals surface area contributed by atoms with Crippen molar-refractivity contribution in [3.63, 3.8) is 0 Å². The Morgan fingerprint density at radius 1 is 1.44 bits per heavy atom. The third-order valence-electron chi connectivity index (χ3n) is 2.82. The number of aryl methyl sites for hydroxylation is 1. The second-order valence-electron chi connectivity index (χ2n) is 4.23. The molecule has 88 valence electrons. The summed E-state index contributed by atoms with van der Waals surface area (Å²) >= 11 is 3.51. The van der Waals surface area contributed by atoms with E-state index in [0.717, 1.165) is 36.2 Å². The maximum atomic E-state index is 4.40. The Kier molecular flexibility index (Phi) is 4.16. The lowest BCUT2D eigenvalue weighted by Gasteiger charge is -2.22. The molecule has 16 heavy (non-hydrogen) atoms. The molecule has 0 N–H and O–H groups in total. The predicted molar refractivity (Wildman–Crippen MR) is 70.2 cm³/mol. The van der Waals surface area contributed by atoms with Gasteiger partial charge in [0.1, 0.15) is 12.1 Å². The number of aromatic nitrogens is 2. The van der Waals surface area contributed by atoms with Gasteiger partial charge in [0.05, 0.1) is 0 Å². The summed E-state index contributed by atoms with van der Waals surface area (Å²) in [5.74, 6) is 1.10. The van der Waals surface area contributed by atoms with Crippen LogP contribution in [0.4, 0.5) is 5.82 Å². The molecule has 1 saturated carbocycles. The molecule has 0 amide bonds. The normalized spacial score (nSPS) is 15.1. The van der Waals surface area contributed by atoms with Crippen LogP contribution in [0.15, 0.2) is 12.4 Å². The summed E-state index contributed by atoms with van der Waals surface area (Å²) in [4.78, 5) is 11.1. The van der Waals surface area contributed by atoms with E-state index in [2.05, 4.69) is 43.8 Å². The molecular formula is C12H18BrN3. The summed E-state index contributed by atoms with van der Waals surface area (Å²) in [6, 6.07) is 2.85. The van der Waals surface area contributed by atoms with Crippen molar-refractivity contribution in [1.82, 2.24) is 9.97 Å². The van der Waals surface area contributed by atoms with Crippen molar-refractivity contribution in [3.05, 3.63) is 18.1 Å². The average Bonchev–Trinajstić information content (AvgIpc) is 3.11. The molecule has 1 aromatic rings. The average molecular weight is 284 g/mol. The smallest absolute Gasteiger partial charge is 0.132 e. The molecule has 1 aromatic heterocycles. The molecule has 0 unspecified atom stereocenters. The molecule has 4 heteroatoms. The number of nitrogens with zero attached hydrogens (tertiary/aromatic N) is 3. The number of hydrogen-bond acceptors (Lipinski definition) is 3. The summed E-state index contributed by atoms with van der Waals surface area (Å²) in [5.41, 5.74) is 1.16. The fraction of sp³-hybridized carbons (Fsp3) is 0.667. The highest BCUT2D eigenvalue weighted by atomic mass is 79.9. The topological polar surface area (TPSA) is 29.0 Å². The minimum absolute atomic E-state index is 0.710. The Labute approximate surface area is 105 Å². The zero-order chi connectivity index (χ0) is 11.4. The molecule has 0 aromatic carbocycles. The third kappa shape index (κ3) is 2.94. The zero-order valence-electron chi connectivity index (χ0n) is 9.69. The highest BCUT2D eigenvalue weighted by Gasteiger charge is 2.29. The van der Waals surface area contributed by atoms with E-state index < -0.39 is 0 Å². The van der Waals surface area contributed by atoms with Gasteiger partial charge in [0.25, 0.3) is 0 Å². The van der Waals surface area contributed by atoms with Crippen molar-refractivity contribution in [3.8, 4) is 0 Å². The molecule has 0 saturated heterocycles. The SMILES string of the molecule is CCCc1cc(N(CCBr)C2CC2)ncn1. The van der Waals surface area contributed by atoms with Crippen molar-refractivity contribution in [2.75, 3.05) is 16.8 Å². The lowest BCUT2D eigenvalue weighted by molar-refractivity contribution is 0.799. The van der Waals surface area contributed by atoms with E-state index >= 15 is 0 Å². The summed E-state index contributed by atoms with van der Waals surface area (Å²) in [7, 11) is 0.